The monoisotopic (exact) mass is 216 g/mol. The number of rotatable bonds is 2. The third-order valence-electron chi connectivity index (χ3n) is 2.22. The summed E-state index contributed by atoms with van der Waals surface area (Å²) < 4.78 is 23.1. The molecule has 1 atom stereocenters. The van der Waals surface area contributed by atoms with Crippen molar-refractivity contribution in [2.24, 2.45) is 0 Å². The van der Waals surface area contributed by atoms with Gasteiger partial charge < -0.3 is 9.47 Å². The van der Waals surface area contributed by atoms with Crippen molar-refractivity contribution in [3.63, 3.8) is 0 Å². The van der Waals surface area contributed by atoms with Crippen LogP contribution in [0.15, 0.2) is 18.2 Å². The van der Waals surface area contributed by atoms with Gasteiger partial charge in [0.2, 0.25) is 0 Å². The summed E-state index contributed by atoms with van der Waals surface area (Å²) in [6.07, 6.45) is 0. The van der Waals surface area contributed by atoms with Crippen LogP contribution in [-0.4, -0.2) is 20.3 Å². The van der Waals surface area contributed by atoms with E-state index in [1.807, 2.05) is 0 Å². The summed E-state index contributed by atoms with van der Waals surface area (Å²) in [5.41, 5.74) is 1.04. The lowest BCUT2D eigenvalue weighted by atomic mass is 10.0. The summed E-state index contributed by atoms with van der Waals surface area (Å²) in [5.74, 6) is 0.652. The number of fused-ring (bicyclic) bond motifs is 1. The van der Waals surface area contributed by atoms with Gasteiger partial charge in [-0.1, -0.05) is 6.07 Å². The number of benzene rings is 1. The molecule has 0 spiro atoms. The third-order valence-corrected chi connectivity index (χ3v) is 2.22. The minimum Gasteiger partial charge on any atom is -0.492 e. The molecule has 1 aliphatic rings. The van der Waals surface area contributed by atoms with Gasteiger partial charge in [-0.3, -0.25) is 0 Å². The van der Waals surface area contributed by atoms with Crippen LogP contribution in [-0.2, 0) is 4.74 Å². The zero-order valence-corrected chi connectivity index (χ0v) is 8.92. The van der Waals surface area contributed by atoms with Crippen LogP contribution in [0, 0.1) is 5.82 Å². The van der Waals surface area contributed by atoms with E-state index in [0.29, 0.717) is 19.0 Å². The maximum Gasteiger partial charge on any atom is 0.126 e. The van der Waals surface area contributed by atoms with Crippen LogP contribution in [0.25, 0.3) is 0 Å². The molecule has 0 amide bonds. The van der Waals surface area contributed by atoms with Crippen molar-refractivity contribution in [2.75, 3.05) is 20.3 Å². The maximum atomic E-state index is 12.8. The average Bonchev–Trinajstić information content (AvgIpc) is 2.49. The Morgan fingerprint density at radius 3 is 3.07 bits per heavy atom. The van der Waals surface area contributed by atoms with Gasteiger partial charge in [-0.05, 0) is 6.07 Å². The first-order valence-electron chi connectivity index (χ1n) is 4.22. The zero-order chi connectivity index (χ0) is 9.26. The van der Waals surface area contributed by atoms with Gasteiger partial charge in [0, 0.05) is 24.7 Å². The molecule has 1 aromatic carbocycles. The average molecular weight is 216 g/mol. The molecule has 0 saturated carbocycles. The van der Waals surface area contributed by atoms with E-state index >= 15 is 0 Å². The van der Waals surface area contributed by atoms with Gasteiger partial charge in [0.05, 0.1) is 13.2 Å². The van der Waals surface area contributed by atoms with Crippen molar-refractivity contribution in [2.45, 2.75) is 5.92 Å². The van der Waals surface area contributed by atoms with Gasteiger partial charge in [0.1, 0.15) is 11.6 Å². The van der Waals surface area contributed by atoms with Gasteiger partial charge in [-0.15, -0.1) is 0 Å². The van der Waals surface area contributed by atoms with Crippen molar-refractivity contribution >= 4 is 13.5 Å². The maximum absolute atomic E-state index is 12.8. The summed E-state index contributed by atoms with van der Waals surface area (Å²) >= 11 is 0. The van der Waals surface area contributed by atoms with E-state index in [-0.39, 0.29) is 25.2 Å². The van der Waals surface area contributed by atoms with E-state index < -0.39 is 0 Å². The number of halogens is 1. The molecule has 78 valence electrons. The van der Waals surface area contributed by atoms with E-state index in [1.54, 1.807) is 13.2 Å². The molecule has 0 saturated heterocycles. The Kier molecular flexibility index (Phi) is 3.77. The molecule has 0 radical (unpaired) electrons. The van der Waals surface area contributed by atoms with Gasteiger partial charge in [0.15, 0.2) is 0 Å². The van der Waals surface area contributed by atoms with Crippen LogP contribution in [0.5, 0.6) is 5.75 Å². The smallest absolute Gasteiger partial charge is 0.126 e. The molecule has 0 fully saturated rings. The largest absolute Gasteiger partial charge is 0.492 e. The summed E-state index contributed by atoms with van der Waals surface area (Å²) in [7, 11) is 1.65. The zero-order valence-electron chi connectivity index (χ0n) is 7.92. The van der Waals surface area contributed by atoms with Crippen molar-refractivity contribution in [1.29, 1.82) is 0 Å². The second-order valence-corrected chi connectivity index (χ2v) is 3.15. The third kappa shape index (κ3) is 2.01. The first-order chi connectivity index (χ1) is 6.31. The summed E-state index contributed by atoms with van der Waals surface area (Å²) in [6, 6.07) is 4.64. The van der Waals surface area contributed by atoms with Gasteiger partial charge >= 0.3 is 0 Å². The number of ether oxygens (including phenoxy) is 2. The van der Waals surface area contributed by atoms with Crippen LogP contribution in [0.1, 0.15) is 11.5 Å². The molecule has 0 N–H and O–H groups in total. The SMILES string of the molecule is COC[C@H]1COc2cc(F)ccc21.S. The fourth-order valence-corrected chi connectivity index (χ4v) is 1.59. The molecule has 0 aliphatic carbocycles. The molecule has 0 unspecified atom stereocenters. The molecule has 1 aliphatic heterocycles. The van der Waals surface area contributed by atoms with Crippen molar-refractivity contribution < 1.29 is 13.9 Å². The summed E-state index contributed by atoms with van der Waals surface area (Å²) in [4.78, 5) is 0. The van der Waals surface area contributed by atoms with Crippen LogP contribution >= 0.6 is 13.5 Å². The van der Waals surface area contributed by atoms with E-state index in [4.69, 9.17) is 9.47 Å². The topological polar surface area (TPSA) is 18.5 Å². The highest BCUT2D eigenvalue weighted by Gasteiger charge is 2.23. The highest BCUT2D eigenvalue weighted by molar-refractivity contribution is 7.59. The first-order valence-corrected chi connectivity index (χ1v) is 4.22. The van der Waals surface area contributed by atoms with Crippen LogP contribution in [0.4, 0.5) is 4.39 Å². The molecule has 1 heterocycles. The number of hydrogen-bond acceptors (Lipinski definition) is 2. The molecule has 2 nitrogen and oxygen atoms in total. The molecule has 14 heavy (non-hydrogen) atoms. The summed E-state index contributed by atoms with van der Waals surface area (Å²) in [6.45, 7) is 1.21. The molecule has 0 aromatic heterocycles. The van der Waals surface area contributed by atoms with Crippen molar-refractivity contribution in [3.8, 4) is 5.75 Å². The Balaban J connectivity index is 0.000000980. The van der Waals surface area contributed by atoms with E-state index in [1.165, 1.54) is 12.1 Å². The van der Waals surface area contributed by atoms with Gasteiger partial charge in [-0.2, -0.15) is 13.5 Å². The van der Waals surface area contributed by atoms with Gasteiger partial charge in [0.25, 0.3) is 0 Å². The van der Waals surface area contributed by atoms with E-state index in [9.17, 15) is 4.39 Å². The Morgan fingerprint density at radius 1 is 1.57 bits per heavy atom. The molecule has 1 aromatic rings. The first kappa shape index (κ1) is 11.3. The Labute approximate surface area is 89.5 Å². The predicted molar refractivity (Wildman–Crippen MR) is 56.9 cm³/mol. The van der Waals surface area contributed by atoms with Crippen LogP contribution in [0.2, 0.25) is 0 Å². The standard InChI is InChI=1S/C10H11FO2.H2S/c1-12-5-7-6-13-10-4-8(11)2-3-9(7)10;/h2-4,7H,5-6H2,1H3;1H2/t7-;/m0./s1. The minimum atomic E-state index is -0.253. The second-order valence-electron chi connectivity index (χ2n) is 3.15. The fraction of sp³-hybridized carbons (Fsp3) is 0.400. The molecule has 2 rings (SSSR count). The Morgan fingerprint density at radius 2 is 2.36 bits per heavy atom. The predicted octanol–water partition coefficient (Wildman–Crippen LogP) is 2.06. The lowest BCUT2D eigenvalue weighted by molar-refractivity contribution is 0.166. The fourth-order valence-electron chi connectivity index (χ4n) is 1.59. The second kappa shape index (κ2) is 4.66. The van der Waals surface area contributed by atoms with Crippen molar-refractivity contribution in [1.82, 2.24) is 0 Å². The van der Waals surface area contributed by atoms with Crippen LogP contribution < -0.4 is 4.74 Å². The quantitative estimate of drug-likeness (QED) is 0.753. The van der Waals surface area contributed by atoms with E-state index in [0.717, 1.165) is 5.56 Å². The van der Waals surface area contributed by atoms with E-state index in [2.05, 4.69) is 0 Å². The lowest BCUT2D eigenvalue weighted by Gasteiger charge is -2.05. The number of methoxy groups -OCH3 is 1. The number of hydrogen-bond donors (Lipinski definition) is 0. The lowest BCUT2D eigenvalue weighted by Crippen LogP contribution is -2.07. The Bertz CT molecular complexity index is 317. The minimum absolute atomic E-state index is 0. The molecular formula is C10H13FO2S. The normalized spacial score (nSPS) is 18.3. The van der Waals surface area contributed by atoms with Crippen molar-refractivity contribution in [3.05, 3.63) is 29.6 Å². The molecular weight excluding hydrogens is 203 g/mol. The van der Waals surface area contributed by atoms with Crippen LogP contribution in [0.3, 0.4) is 0 Å². The molecule has 4 heteroatoms. The highest BCUT2D eigenvalue weighted by atomic mass is 32.1. The summed E-state index contributed by atoms with van der Waals surface area (Å²) in [5, 5.41) is 0. The Hall–Kier alpha value is -0.740. The van der Waals surface area contributed by atoms with Gasteiger partial charge in [-0.25, -0.2) is 4.39 Å². The molecule has 0 bridgehead atoms. The highest BCUT2D eigenvalue weighted by Crippen LogP contribution is 2.34.